The zero-order valence-corrected chi connectivity index (χ0v) is 11.5. The lowest BCUT2D eigenvalue weighted by Gasteiger charge is -2.14. The lowest BCUT2D eigenvalue weighted by molar-refractivity contribution is -0.274. The van der Waals surface area contributed by atoms with Gasteiger partial charge in [0.25, 0.3) is 0 Å². The molecule has 0 atom stereocenters. The summed E-state index contributed by atoms with van der Waals surface area (Å²) in [5, 5.41) is 0.728. The standard InChI is InChI=1S/C12H14BrF3O2/c1-2-17-10-6-5-9(4-3-7-13)11(8-10)18-12(14,15)16/h5-6,8H,2-4,7H2,1H3. The molecule has 18 heavy (non-hydrogen) atoms. The van der Waals surface area contributed by atoms with E-state index in [9.17, 15) is 13.2 Å². The van der Waals surface area contributed by atoms with Crippen molar-refractivity contribution in [1.82, 2.24) is 0 Å². The topological polar surface area (TPSA) is 18.5 Å². The predicted molar refractivity (Wildman–Crippen MR) is 66.4 cm³/mol. The molecule has 1 aromatic carbocycles. The molecule has 0 radical (unpaired) electrons. The first-order valence-corrected chi connectivity index (χ1v) is 6.66. The van der Waals surface area contributed by atoms with Gasteiger partial charge in [0.2, 0.25) is 0 Å². The van der Waals surface area contributed by atoms with Gasteiger partial charge in [-0.2, -0.15) is 0 Å². The molecule has 102 valence electrons. The molecule has 0 aliphatic carbocycles. The van der Waals surface area contributed by atoms with Crippen LogP contribution in [0.25, 0.3) is 0 Å². The minimum Gasteiger partial charge on any atom is -0.494 e. The Bertz CT molecular complexity index is 380. The van der Waals surface area contributed by atoms with Crippen LogP contribution in [-0.4, -0.2) is 18.3 Å². The third-order valence-electron chi connectivity index (χ3n) is 2.16. The Labute approximate surface area is 112 Å². The van der Waals surface area contributed by atoms with Crippen molar-refractivity contribution in [3.63, 3.8) is 0 Å². The second-order valence-electron chi connectivity index (χ2n) is 3.54. The van der Waals surface area contributed by atoms with E-state index in [1.807, 2.05) is 0 Å². The second kappa shape index (κ2) is 6.87. The highest BCUT2D eigenvalue weighted by Gasteiger charge is 2.32. The maximum absolute atomic E-state index is 12.3. The zero-order valence-electron chi connectivity index (χ0n) is 9.89. The van der Waals surface area contributed by atoms with Gasteiger partial charge in [-0.15, -0.1) is 13.2 Å². The van der Waals surface area contributed by atoms with Crippen molar-refractivity contribution in [2.24, 2.45) is 0 Å². The van der Waals surface area contributed by atoms with Gasteiger partial charge in [-0.25, -0.2) is 0 Å². The maximum atomic E-state index is 12.3. The molecule has 0 saturated carbocycles. The Kier molecular flexibility index (Phi) is 5.78. The van der Waals surface area contributed by atoms with Crippen LogP contribution < -0.4 is 9.47 Å². The first kappa shape index (κ1) is 15.1. The Morgan fingerprint density at radius 2 is 2.00 bits per heavy atom. The van der Waals surface area contributed by atoms with Gasteiger partial charge in [0.05, 0.1) is 6.61 Å². The van der Waals surface area contributed by atoms with Gasteiger partial charge in [0.1, 0.15) is 11.5 Å². The highest BCUT2D eigenvalue weighted by Crippen LogP contribution is 2.31. The fraction of sp³-hybridized carbons (Fsp3) is 0.500. The fourth-order valence-corrected chi connectivity index (χ4v) is 1.76. The lowest BCUT2D eigenvalue weighted by Crippen LogP contribution is -2.18. The van der Waals surface area contributed by atoms with Gasteiger partial charge in [-0.05, 0) is 31.4 Å². The van der Waals surface area contributed by atoms with Crippen LogP contribution in [0.2, 0.25) is 0 Å². The summed E-state index contributed by atoms with van der Waals surface area (Å²) in [6.07, 6.45) is -3.43. The van der Waals surface area contributed by atoms with Crippen molar-refractivity contribution in [1.29, 1.82) is 0 Å². The van der Waals surface area contributed by atoms with E-state index in [0.29, 0.717) is 24.3 Å². The van der Waals surface area contributed by atoms with Gasteiger partial charge >= 0.3 is 6.36 Å². The molecule has 0 aliphatic rings. The van der Waals surface area contributed by atoms with Crippen LogP contribution in [0.3, 0.4) is 0 Å². The minimum absolute atomic E-state index is 0.186. The fourth-order valence-electron chi connectivity index (χ4n) is 1.47. The largest absolute Gasteiger partial charge is 0.573 e. The summed E-state index contributed by atoms with van der Waals surface area (Å²) in [6, 6.07) is 4.53. The van der Waals surface area contributed by atoms with Crippen molar-refractivity contribution >= 4 is 15.9 Å². The molecule has 0 heterocycles. The van der Waals surface area contributed by atoms with Crippen LogP contribution in [0, 0.1) is 0 Å². The Balaban J connectivity index is 2.94. The molecular weight excluding hydrogens is 313 g/mol. The molecule has 0 aromatic heterocycles. The van der Waals surface area contributed by atoms with Crippen LogP contribution in [0.4, 0.5) is 13.2 Å². The van der Waals surface area contributed by atoms with Crippen LogP contribution in [0.15, 0.2) is 18.2 Å². The second-order valence-corrected chi connectivity index (χ2v) is 4.34. The Morgan fingerprint density at radius 1 is 1.28 bits per heavy atom. The van der Waals surface area contributed by atoms with E-state index in [0.717, 1.165) is 11.8 Å². The van der Waals surface area contributed by atoms with Crippen molar-refractivity contribution in [2.45, 2.75) is 26.1 Å². The highest BCUT2D eigenvalue weighted by atomic mass is 79.9. The number of rotatable bonds is 6. The van der Waals surface area contributed by atoms with Crippen LogP contribution in [-0.2, 0) is 6.42 Å². The van der Waals surface area contributed by atoms with Crippen LogP contribution in [0.5, 0.6) is 11.5 Å². The van der Waals surface area contributed by atoms with Gasteiger partial charge in [0, 0.05) is 11.4 Å². The first-order chi connectivity index (χ1) is 8.46. The number of hydrogen-bond donors (Lipinski definition) is 0. The molecule has 0 fully saturated rings. The normalized spacial score (nSPS) is 11.4. The molecular formula is C12H14BrF3O2. The zero-order chi connectivity index (χ0) is 13.6. The van der Waals surface area contributed by atoms with E-state index >= 15 is 0 Å². The first-order valence-electron chi connectivity index (χ1n) is 5.53. The number of halogens is 4. The van der Waals surface area contributed by atoms with E-state index in [1.165, 1.54) is 6.07 Å². The SMILES string of the molecule is CCOc1ccc(CCCBr)c(OC(F)(F)F)c1. The van der Waals surface area contributed by atoms with Gasteiger partial charge in [0.15, 0.2) is 0 Å². The molecule has 0 bridgehead atoms. The average Bonchev–Trinajstić information content (AvgIpc) is 2.26. The number of hydrogen-bond acceptors (Lipinski definition) is 2. The Hall–Kier alpha value is -0.910. The van der Waals surface area contributed by atoms with Gasteiger partial charge < -0.3 is 9.47 Å². The smallest absolute Gasteiger partial charge is 0.494 e. The minimum atomic E-state index is -4.69. The molecule has 2 nitrogen and oxygen atoms in total. The molecule has 0 saturated heterocycles. The van der Waals surface area contributed by atoms with Crippen LogP contribution in [0.1, 0.15) is 18.9 Å². The Morgan fingerprint density at radius 3 is 2.56 bits per heavy atom. The molecule has 6 heteroatoms. The number of benzene rings is 1. The van der Waals surface area contributed by atoms with E-state index in [2.05, 4.69) is 20.7 Å². The number of aryl methyl sites for hydroxylation is 1. The van der Waals surface area contributed by atoms with Gasteiger partial charge in [-0.1, -0.05) is 22.0 Å². The average molecular weight is 327 g/mol. The van der Waals surface area contributed by atoms with Crippen molar-refractivity contribution in [2.75, 3.05) is 11.9 Å². The monoisotopic (exact) mass is 326 g/mol. The summed E-state index contributed by atoms with van der Waals surface area (Å²) in [6.45, 7) is 2.16. The summed E-state index contributed by atoms with van der Waals surface area (Å²) < 4.78 is 46.1. The molecule has 0 spiro atoms. The van der Waals surface area contributed by atoms with E-state index < -0.39 is 6.36 Å². The molecule has 0 aliphatic heterocycles. The lowest BCUT2D eigenvalue weighted by atomic mass is 10.1. The van der Waals surface area contributed by atoms with E-state index in [1.54, 1.807) is 19.1 Å². The summed E-state index contributed by atoms with van der Waals surface area (Å²) in [5.74, 6) is 0.189. The maximum Gasteiger partial charge on any atom is 0.573 e. The third kappa shape index (κ3) is 5.16. The summed E-state index contributed by atoms with van der Waals surface area (Å²) >= 11 is 3.24. The van der Waals surface area contributed by atoms with E-state index in [-0.39, 0.29) is 5.75 Å². The van der Waals surface area contributed by atoms with Crippen molar-refractivity contribution in [3.05, 3.63) is 23.8 Å². The van der Waals surface area contributed by atoms with Gasteiger partial charge in [-0.3, -0.25) is 0 Å². The van der Waals surface area contributed by atoms with E-state index in [4.69, 9.17) is 4.74 Å². The predicted octanol–water partition coefficient (Wildman–Crippen LogP) is 4.31. The molecule has 0 N–H and O–H groups in total. The molecule has 0 amide bonds. The number of ether oxygens (including phenoxy) is 2. The van der Waals surface area contributed by atoms with Crippen LogP contribution >= 0.6 is 15.9 Å². The summed E-state index contributed by atoms with van der Waals surface area (Å²) in [5.41, 5.74) is 0.523. The molecule has 0 unspecified atom stereocenters. The summed E-state index contributed by atoms with van der Waals surface area (Å²) in [7, 11) is 0. The third-order valence-corrected chi connectivity index (χ3v) is 2.72. The molecule has 1 rings (SSSR count). The number of alkyl halides is 4. The summed E-state index contributed by atoms with van der Waals surface area (Å²) in [4.78, 5) is 0. The molecule has 1 aromatic rings. The quantitative estimate of drug-likeness (QED) is 0.725. The van der Waals surface area contributed by atoms with Crippen molar-refractivity contribution in [3.8, 4) is 11.5 Å². The highest BCUT2D eigenvalue weighted by molar-refractivity contribution is 9.09. The van der Waals surface area contributed by atoms with Crippen molar-refractivity contribution < 1.29 is 22.6 Å².